The monoisotopic (exact) mass is 399 g/mol. The van der Waals surface area contributed by atoms with Crippen LogP contribution in [0.4, 0.5) is 0 Å². The van der Waals surface area contributed by atoms with Gasteiger partial charge in [0.05, 0.1) is 25.4 Å². The number of methoxy groups -OCH3 is 1. The highest BCUT2D eigenvalue weighted by Crippen LogP contribution is 2.44. The summed E-state index contributed by atoms with van der Waals surface area (Å²) in [5, 5.41) is 3.29. The SMILES string of the molecule is CCOc1ccc([C@@H]2C(C(=O)OC(C)C)=C(C)NC3=C2C(=O)CCC3)cc1OC. The van der Waals surface area contributed by atoms with Gasteiger partial charge in [-0.3, -0.25) is 4.79 Å². The summed E-state index contributed by atoms with van der Waals surface area (Å²) in [7, 11) is 1.58. The number of carbonyl (C=O) groups excluding carboxylic acids is 2. The first-order valence-corrected chi connectivity index (χ1v) is 10.1. The lowest BCUT2D eigenvalue weighted by atomic mass is 9.75. The number of allylic oxidation sites excluding steroid dienone is 3. The van der Waals surface area contributed by atoms with Gasteiger partial charge in [0.15, 0.2) is 17.3 Å². The van der Waals surface area contributed by atoms with Crippen molar-refractivity contribution in [1.82, 2.24) is 5.32 Å². The minimum Gasteiger partial charge on any atom is -0.493 e. The van der Waals surface area contributed by atoms with Crippen LogP contribution in [0.3, 0.4) is 0 Å². The lowest BCUT2D eigenvalue weighted by Crippen LogP contribution is -2.35. The van der Waals surface area contributed by atoms with Gasteiger partial charge in [-0.15, -0.1) is 0 Å². The molecule has 0 amide bonds. The number of esters is 1. The Balaban J connectivity index is 2.15. The third-order valence-electron chi connectivity index (χ3n) is 5.16. The Morgan fingerprint density at radius 1 is 1.24 bits per heavy atom. The minimum atomic E-state index is -0.491. The number of hydrogen-bond donors (Lipinski definition) is 1. The van der Waals surface area contributed by atoms with E-state index in [0.717, 1.165) is 29.8 Å². The molecule has 6 heteroatoms. The number of benzene rings is 1. The van der Waals surface area contributed by atoms with E-state index in [4.69, 9.17) is 14.2 Å². The van der Waals surface area contributed by atoms with E-state index in [1.54, 1.807) is 7.11 Å². The molecule has 0 aromatic heterocycles. The van der Waals surface area contributed by atoms with Crippen molar-refractivity contribution >= 4 is 11.8 Å². The van der Waals surface area contributed by atoms with Gasteiger partial charge in [0, 0.05) is 29.3 Å². The lowest BCUT2D eigenvalue weighted by Gasteiger charge is -2.34. The molecule has 1 aliphatic carbocycles. The van der Waals surface area contributed by atoms with E-state index in [1.807, 2.05) is 45.9 Å². The molecule has 0 bridgehead atoms. The van der Waals surface area contributed by atoms with E-state index in [2.05, 4.69) is 5.32 Å². The Labute approximate surface area is 171 Å². The minimum absolute atomic E-state index is 0.0685. The van der Waals surface area contributed by atoms with Gasteiger partial charge in [-0.2, -0.15) is 0 Å². The van der Waals surface area contributed by atoms with Gasteiger partial charge in [-0.1, -0.05) is 6.07 Å². The first-order valence-electron chi connectivity index (χ1n) is 10.1. The molecule has 2 aliphatic rings. The molecule has 1 aromatic carbocycles. The Morgan fingerprint density at radius 2 is 2.00 bits per heavy atom. The summed E-state index contributed by atoms with van der Waals surface area (Å²) in [5.41, 5.74) is 3.56. The van der Waals surface area contributed by atoms with E-state index in [0.29, 0.717) is 35.7 Å². The van der Waals surface area contributed by atoms with Crippen LogP contribution < -0.4 is 14.8 Å². The molecule has 0 saturated carbocycles. The first-order chi connectivity index (χ1) is 13.9. The number of hydrogen-bond acceptors (Lipinski definition) is 6. The number of dihydropyridines is 1. The number of nitrogens with one attached hydrogen (secondary N) is 1. The molecule has 1 heterocycles. The molecular formula is C23H29NO5. The van der Waals surface area contributed by atoms with Crippen LogP contribution in [0, 0.1) is 0 Å². The van der Waals surface area contributed by atoms with Gasteiger partial charge in [0.2, 0.25) is 0 Å². The number of Topliss-reactive ketones (excluding diaryl/α,β-unsaturated/α-hetero) is 1. The van der Waals surface area contributed by atoms with Crippen molar-refractivity contribution in [2.24, 2.45) is 0 Å². The molecule has 1 aliphatic heterocycles. The van der Waals surface area contributed by atoms with Gasteiger partial charge in [0.1, 0.15) is 0 Å². The number of ketones is 1. The topological polar surface area (TPSA) is 73.9 Å². The van der Waals surface area contributed by atoms with Gasteiger partial charge < -0.3 is 19.5 Å². The van der Waals surface area contributed by atoms with Gasteiger partial charge >= 0.3 is 5.97 Å². The standard InChI is InChI=1S/C23H29NO5/c1-6-28-18-11-10-15(12-19(18)27-5)21-20(23(26)29-13(2)3)14(4)24-16-8-7-9-17(25)22(16)21/h10-13,21,24H,6-9H2,1-5H3/t21-/m1/s1. The van der Waals surface area contributed by atoms with E-state index < -0.39 is 11.9 Å². The second-order valence-electron chi connectivity index (χ2n) is 7.56. The second kappa shape index (κ2) is 8.72. The molecule has 0 saturated heterocycles. The van der Waals surface area contributed by atoms with Crippen LogP contribution in [0.25, 0.3) is 0 Å². The van der Waals surface area contributed by atoms with Crippen LogP contribution in [0.1, 0.15) is 58.4 Å². The highest BCUT2D eigenvalue weighted by atomic mass is 16.5. The van der Waals surface area contributed by atoms with Crippen molar-refractivity contribution in [2.45, 2.75) is 59.0 Å². The zero-order valence-electron chi connectivity index (χ0n) is 17.8. The van der Waals surface area contributed by atoms with Crippen LogP contribution in [-0.2, 0) is 14.3 Å². The summed E-state index contributed by atoms with van der Waals surface area (Å²) in [6.45, 7) is 7.91. The second-order valence-corrected chi connectivity index (χ2v) is 7.56. The molecule has 29 heavy (non-hydrogen) atoms. The predicted molar refractivity (Wildman–Crippen MR) is 110 cm³/mol. The zero-order chi connectivity index (χ0) is 21.1. The maximum absolute atomic E-state index is 13.0. The fraction of sp³-hybridized carbons (Fsp3) is 0.478. The summed E-state index contributed by atoms with van der Waals surface area (Å²) < 4.78 is 16.7. The van der Waals surface area contributed by atoms with Crippen LogP contribution in [0.2, 0.25) is 0 Å². The Hall–Kier alpha value is -2.76. The van der Waals surface area contributed by atoms with Crippen molar-refractivity contribution in [3.8, 4) is 11.5 Å². The van der Waals surface area contributed by atoms with Gasteiger partial charge in [-0.05, 0) is 58.2 Å². The maximum atomic E-state index is 13.0. The van der Waals surface area contributed by atoms with E-state index in [1.165, 1.54) is 0 Å². The molecule has 0 radical (unpaired) electrons. The van der Waals surface area contributed by atoms with Gasteiger partial charge in [0.25, 0.3) is 0 Å². The quantitative estimate of drug-likeness (QED) is 0.729. The Kier molecular flexibility index (Phi) is 6.30. The van der Waals surface area contributed by atoms with Crippen molar-refractivity contribution in [1.29, 1.82) is 0 Å². The molecule has 6 nitrogen and oxygen atoms in total. The molecule has 1 atom stereocenters. The molecule has 0 fully saturated rings. The highest BCUT2D eigenvalue weighted by Gasteiger charge is 2.39. The summed E-state index contributed by atoms with van der Waals surface area (Å²) in [5.74, 6) is 0.369. The molecule has 0 spiro atoms. The van der Waals surface area contributed by atoms with Crippen LogP contribution >= 0.6 is 0 Å². The number of carbonyl (C=O) groups is 2. The Morgan fingerprint density at radius 3 is 2.66 bits per heavy atom. The van der Waals surface area contributed by atoms with Crippen LogP contribution in [0.5, 0.6) is 11.5 Å². The average Bonchev–Trinajstić information content (AvgIpc) is 2.67. The Bertz CT molecular complexity index is 881. The smallest absolute Gasteiger partial charge is 0.337 e. The van der Waals surface area contributed by atoms with Crippen molar-refractivity contribution < 1.29 is 23.8 Å². The summed E-state index contributed by atoms with van der Waals surface area (Å²) >= 11 is 0. The third kappa shape index (κ3) is 4.16. The maximum Gasteiger partial charge on any atom is 0.337 e. The lowest BCUT2D eigenvalue weighted by molar-refractivity contribution is -0.143. The molecular weight excluding hydrogens is 370 g/mol. The molecule has 3 rings (SSSR count). The van der Waals surface area contributed by atoms with Crippen molar-refractivity contribution in [2.75, 3.05) is 13.7 Å². The highest BCUT2D eigenvalue weighted by molar-refractivity contribution is 6.03. The van der Waals surface area contributed by atoms with Crippen molar-refractivity contribution in [3.63, 3.8) is 0 Å². The van der Waals surface area contributed by atoms with E-state index in [9.17, 15) is 9.59 Å². The largest absolute Gasteiger partial charge is 0.493 e. The van der Waals surface area contributed by atoms with Crippen LogP contribution in [-0.4, -0.2) is 31.6 Å². The normalized spacial score (nSPS) is 19.1. The first kappa shape index (κ1) is 21.0. The number of ether oxygens (including phenoxy) is 3. The van der Waals surface area contributed by atoms with E-state index >= 15 is 0 Å². The zero-order valence-corrected chi connectivity index (χ0v) is 17.8. The predicted octanol–water partition coefficient (Wildman–Crippen LogP) is 4.01. The molecule has 1 aromatic rings. The van der Waals surface area contributed by atoms with Gasteiger partial charge in [-0.25, -0.2) is 4.79 Å². The summed E-state index contributed by atoms with van der Waals surface area (Å²) in [6, 6.07) is 5.57. The fourth-order valence-corrected chi connectivity index (χ4v) is 4.00. The molecule has 0 unspecified atom stereocenters. The third-order valence-corrected chi connectivity index (χ3v) is 5.16. The summed E-state index contributed by atoms with van der Waals surface area (Å²) in [6.07, 6.45) is 1.82. The fourth-order valence-electron chi connectivity index (χ4n) is 4.00. The summed E-state index contributed by atoms with van der Waals surface area (Å²) in [4.78, 5) is 25.9. The molecule has 156 valence electrons. The molecule has 1 N–H and O–H groups in total. The van der Waals surface area contributed by atoms with Crippen LogP contribution in [0.15, 0.2) is 40.7 Å². The van der Waals surface area contributed by atoms with E-state index in [-0.39, 0.29) is 11.9 Å². The van der Waals surface area contributed by atoms with Crippen molar-refractivity contribution in [3.05, 3.63) is 46.3 Å². The number of rotatable bonds is 6. The average molecular weight is 399 g/mol.